The highest BCUT2D eigenvalue weighted by Crippen LogP contribution is 2.29. The van der Waals surface area contributed by atoms with E-state index in [-0.39, 0.29) is 12.0 Å². The van der Waals surface area contributed by atoms with E-state index >= 15 is 0 Å². The zero-order valence-corrected chi connectivity index (χ0v) is 14.5. The van der Waals surface area contributed by atoms with Crippen LogP contribution in [0.15, 0.2) is 0 Å². The van der Waals surface area contributed by atoms with Gasteiger partial charge in [0.1, 0.15) is 0 Å². The summed E-state index contributed by atoms with van der Waals surface area (Å²) in [5.74, 6) is 0.478. The van der Waals surface area contributed by atoms with Crippen LogP contribution in [0.5, 0.6) is 0 Å². The van der Waals surface area contributed by atoms with Gasteiger partial charge in [-0.15, -0.1) is 0 Å². The predicted molar refractivity (Wildman–Crippen MR) is 91.2 cm³/mol. The maximum Gasteiger partial charge on any atom is 0.234 e. The molecule has 1 amide bonds. The summed E-state index contributed by atoms with van der Waals surface area (Å²) in [7, 11) is 2.00. The Bertz CT molecular complexity index is 392. The number of carbonyl (C=O) groups is 1. The summed E-state index contributed by atoms with van der Waals surface area (Å²) in [6.45, 7) is 3.56. The fourth-order valence-electron chi connectivity index (χ4n) is 4.23. The van der Waals surface area contributed by atoms with Crippen molar-refractivity contribution < 1.29 is 9.90 Å². The third-order valence-electron chi connectivity index (χ3n) is 5.79. The number of nitrogens with one attached hydrogen (secondary N) is 1. The summed E-state index contributed by atoms with van der Waals surface area (Å²) in [6.07, 6.45) is 9.10. The lowest BCUT2D eigenvalue weighted by atomic mass is 9.86. The smallest absolute Gasteiger partial charge is 0.234 e. The Hall–Kier alpha value is -0.650. The van der Waals surface area contributed by atoms with Gasteiger partial charge < -0.3 is 15.3 Å². The van der Waals surface area contributed by atoms with E-state index in [9.17, 15) is 9.90 Å². The molecule has 0 radical (unpaired) electrons. The van der Waals surface area contributed by atoms with E-state index < -0.39 is 0 Å². The lowest BCUT2D eigenvalue weighted by Crippen LogP contribution is -2.48. The number of rotatable bonds is 6. The molecule has 23 heavy (non-hydrogen) atoms. The molecule has 3 aliphatic rings. The van der Waals surface area contributed by atoms with Crippen molar-refractivity contribution in [2.24, 2.45) is 5.92 Å². The number of nitrogens with zero attached hydrogens (tertiary/aromatic N) is 2. The Balaban J connectivity index is 1.33. The van der Waals surface area contributed by atoms with Gasteiger partial charge >= 0.3 is 0 Å². The van der Waals surface area contributed by atoms with Crippen molar-refractivity contribution in [3.63, 3.8) is 0 Å². The molecule has 132 valence electrons. The maximum atomic E-state index is 12.2. The molecule has 2 saturated carbocycles. The minimum absolute atomic E-state index is 0.141. The van der Waals surface area contributed by atoms with E-state index in [1.807, 2.05) is 7.05 Å². The Morgan fingerprint density at radius 3 is 2.48 bits per heavy atom. The molecular formula is C18H33N3O2. The topological polar surface area (TPSA) is 55.8 Å². The van der Waals surface area contributed by atoms with E-state index in [4.69, 9.17) is 0 Å². The largest absolute Gasteiger partial charge is 0.393 e. The summed E-state index contributed by atoms with van der Waals surface area (Å²) < 4.78 is 0. The molecule has 3 fully saturated rings. The Kier molecular flexibility index (Phi) is 5.94. The fraction of sp³-hybridized carbons (Fsp3) is 0.944. The summed E-state index contributed by atoms with van der Waals surface area (Å²) in [5, 5.41) is 13.3. The van der Waals surface area contributed by atoms with Gasteiger partial charge in [0.15, 0.2) is 0 Å². The van der Waals surface area contributed by atoms with Gasteiger partial charge in [0.25, 0.3) is 0 Å². The molecule has 0 bridgehead atoms. The quantitative estimate of drug-likeness (QED) is 0.771. The number of hydrogen-bond donors (Lipinski definition) is 2. The molecule has 0 spiro atoms. The van der Waals surface area contributed by atoms with Crippen LogP contribution in [0, 0.1) is 5.92 Å². The summed E-state index contributed by atoms with van der Waals surface area (Å²) >= 11 is 0. The molecule has 2 aliphatic carbocycles. The van der Waals surface area contributed by atoms with Gasteiger partial charge in [-0.3, -0.25) is 9.69 Å². The van der Waals surface area contributed by atoms with Gasteiger partial charge in [-0.2, -0.15) is 0 Å². The van der Waals surface area contributed by atoms with Gasteiger partial charge in [-0.05, 0) is 51.5 Å². The summed E-state index contributed by atoms with van der Waals surface area (Å²) in [6, 6.07) is 1.20. The first kappa shape index (κ1) is 17.2. The van der Waals surface area contributed by atoms with E-state index in [1.165, 1.54) is 19.3 Å². The third-order valence-corrected chi connectivity index (χ3v) is 5.79. The van der Waals surface area contributed by atoms with Crippen LogP contribution >= 0.6 is 0 Å². The number of hydrogen-bond acceptors (Lipinski definition) is 4. The number of carbonyl (C=O) groups excluding carboxylic acids is 1. The Morgan fingerprint density at radius 2 is 1.83 bits per heavy atom. The van der Waals surface area contributed by atoms with Gasteiger partial charge in [0.05, 0.1) is 12.6 Å². The summed E-state index contributed by atoms with van der Waals surface area (Å²) in [5.41, 5.74) is 0. The van der Waals surface area contributed by atoms with Crippen LogP contribution < -0.4 is 5.32 Å². The average molecular weight is 323 g/mol. The highest BCUT2D eigenvalue weighted by molar-refractivity contribution is 5.78. The van der Waals surface area contributed by atoms with Crippen LogP contribution in [0.2, 0.25) is 0 Å². The molecule has 3 rings (SSSR count). The van der Waals surface area contributed by atoms with Crippen molar-refractivity contribution in [2.45, 2.75) is 69.6 Å². The molecular weight excluding hydrogens is 290 g/mol. The van der Waals surface area contributed by atoms with E-state index in [0.717, 1.165) is 57.8 Å². The van der Waals surface area contributed by atoms with Crippen LogP contribution in [-0.4, -0.2) is 72.2 Å². The van der Waals surface area contributed by atoms with Crippen LogP contribution in [0.3, 0.4) is 0 Å². The fourth-order valence-corrected chi connectivity index (χ4v) is 4.23. The second-order valence-corrected chi connectivity index (χ2v) is 7.92. The molecule has 1 heterocycles. The zero-order valence-electron chi connectivity index (χ0n) is 14.5. The number of amides is 1. The minimum Gasteiger partial charge on any atom is -0.393 e. The zero-order chi connectivity index (χ0) is 16.2. The first-order valence-electron chi connectivity index (χ1n) is 9.52. The molecule has 5 nitrogen and oxygen atoms in total. The summed E-state index contributed by atoms with van der Waals surface area (Å²) in [4.78, 5) is 16.9. The van der Waals surface area contributed by atoms with Crippen molar-refractivity contribution >= 4 is 5.91 Å². The maximum absolute atomic E-state index is 12.2. The van der Waals surface area contributed by atoms with Crippen LogP contribution in [0.25, 0.3) is 0 Å². The molecule has 1 aliphatic heterocycles. The second kappa shape index (κ2) is 7.95. The number of likely N-dealkylation sites (N-methyl/N-ethyl adjacent to an activating group) is 1. The van der Waals surface area contributed by atoms with Crippen LogP contribution in [-0.2, 0) is 4.79 Å². The second-order valence-electron chi connectivity index (χ2n) is 7.92. The molecule has 0 aromatic rings. The molecule has 0 aromatic carbocycles. The van der Waals surface area contributed by atoms with Crippen LogP contribution in [0.1, 0.15) is 51.4 Å². The Labute approximate surface area is 140 Å². The number of aliphatic hydroxyl groups is 1. The Morgan fingerprint density at radius 1 is 1.13 bits per heavy atom. The highest BCUT2D eigenvalue weighted by Gasteiger charge is 2.32. The van der Waals surface area contributed by atoms with Gasteiger partial charge in [0, 0.05) is 31.7 Å². The normalized spacial score (nSPS) is 30.6. The predicted octanol–water partition coefficient (Wildman–Crippen LogP) is 1.21. The minimum atomic E-state index is -0.180. The number of piperidine rings is 1. The third kappa shape index (κ3) is 5.16. The molecule has 2 N–H and O–H groups in total. The first-order valence-corrected chi connectivity index (χ1v) is 9.52. The van der Waals surface area contributed by atoms with Crippen molar-refractivity contribution in [3.05, 3.63) is 0 Å². The average Bonchev–Trinajstić information content (AvgIpc) is 3.35. The number of likely N-dealkylation sites (tertiary alicyclic amines) is 1. The van der Waals surface area contributed by atoms with Gasteiger partial charge in [0.2, 0.25) is 5.91 Å². The van der Waals surface area contributed by atoms with Crippen molar-refractivity contribution in [3.8, 4) is 0 Å². The molecule has 5 heteroatoms. The lowest BCUT2D eigenvalue weighted by Gasteiger charge is -2.33. The number of aliphatic hydroxyl groups excluding tert-OH is 1. The van der Waals surface area contributed by atoms with E-state index in [2.05, 4.69) is 15.1 Å². The van der Waals surface area contributed by atoms with Crippen molar-refractivity contribution in [1.29, 1.82) is 0 Å². The van der Waals surface area contributed by atoms with Crippen molar-refractivity contribution in [1.82, 2.24) is 15.1 Å². The molecule has 2 atom stereocenters. The lowest BCUT2D eigenvalue weighted by molar-refractivity contribution is -0.123. The van der Waals surface area contributed by atoms with E-state index in [1.54, 1.807) is 0 Å². The van der Waals surface area contributed by atoms with Crippen LogP contribution in [0.4, 0.5) is 0 Å². The van der Waals surface area contributed by atoms with Gasteiger partial charge in [-0.25, -0.2) is 0 Å². The monoisotopic (exact) mass is 323 g/mol. The molecule has 2 unspecified atom stereocenters. The molecule has 1 saturated heterocycles. The SMILES string of the molecule is CN(CC(=O)NC1CCN(C2CC2)CC1)CC1CCCCC1O. The standard InChI is InChI=1S/C18H33N3O2/c1-20(12-14-4-2-3-5-17(14)22)13-18(23)19-15-8-10-21(11-9-15)16-6-7-16/h14-17,22H,2-13H2,1H3,(H,19,23). The van der Waals surface area contributed by atoms with E-state index in [0.29, 0.717) is 18.5 Å². The van der Waals surface area contributed by atoms with Gasteiger partial charge in [-0.1, -0.05) is 12.8 Å². The van der Waals surface area contributed by atoms with Crippen molar-refractivity contribution in [2.75, 3.05) is 33.2 Å². The molecule has 0 aromatic heterocycles. The highest BCUT2D eigenvalue weighted by atomic mass is 16.3. The first-order chi connectivity index (χ1) is 11.1.